The number of carbonyl (C=O) groups is 1. The van der Waals surface area contributed by atoms with Crippen molar-refractivity contribution in [2.24, 2.45) is 0 Å². The molecule has 0 unspecified atom stereocenters. The van der Waals surface area contributed by atoms with Crippen molar-refractivity contribution in [3.05, 3.63) is 35.4 Å². The van der Waals surface area contributed by atoms with Crippen LogP contribution in [-0.4, -0.2) is 47.2 Å². The van der Waals surface area contributed by atoms with Crippen molar-refractivity contribution in [2.75, 3.05) is 19.6 Å². The largest absolute Gasteiger partial charge is 0.444 e. The lowest BCUT2D eigenvalue weighted by atomic mass is 10.0. The molecule has 3 rings (SSSR count). The zero-order valence-electron chi connectivity index (χ0n) is 13.8. The smallest absolute Gasteiger partial charge is 0.410 e. The fraction of sp³-hybridized carbons (Fsp3) is 0.611. The Bertz CT molecular complexity index is 544. The Balaban J connectivity index is 1.56. The molecule has 0 aromatic heterocycles. The summed E-state index contributed by atoms with van der Waals surface area (Å²) in [6.45, 7) is 9.42. The van der Waals surface area contributed by atoms with E-state index in [-0.39, 0.29) is 6.09 Å². The van der Waals surface area contributed by atoms with Crippen LogP contribution in [0.4, 0.5) is 4.79 Å². The molecule has 1 aromatic carbocycles. The molecule has 0 saturated carbocycles. The van der Waals surface area contributed by atoms with Gasteiger partial charge in [0, 0.05) is 25.7 Å². The summed E-state index contributed by atoms with van der Waals surface area (Å²) in [5.74, 6) is 0. The SMILES string of the molecule is CC(C)(C)OC(=O)N1CC(N2CCCc3ccccc3C2)C1. The van der Waals surface area contributed by atoms with Crippen molar-refractivity contribution in [1.82, 2.24) is 9.80 Å². The monoisotopic (exact) mass is 302 g/mol. The molecular weight excluding hydrogens is 276 g/mol. The van der Waals surface area contributed by atoms with E-state index in [0.29, 0.717) is 6.04 Å². The van der Waals surface area contributed by atoms with Gasteiger partial charge in [0.05, 0.1) is 0 Å². The van der Waals surface area contributed by atoms with E-state index in [0.717, 1.165) is 32.6 Å². The zero-order valence-corrected chi connectivity index (χ0v) is 13.8. The van der Waals surface area contributed by atoms with Gasteiger partial charge in [0.25, 0.3) is 0 Å². The normalized spacial score (nSPS) is 20.0. The highest BCUT2D eigenvalue weighted by Gasteiger charge is 2.37. The van der Waals surface area contributed by atoms with Crippen LogP contribution >= 0.6 is 0 Å². The second-order valence-electron chi connectivity index (χ2n) is 7.38. The molecule has 0 radical (unpaired) electrons. The summed E-state index contributed by atoms with van der Waals surface area (Å²) in [4.78, 5) is 16.4. The highest BCUT2D eigenvalue weighted by atomic mass is 16.6. The molecule has 2 heterocycles. The van der Waals surface area contributed by atoms with Gasteiger partial charge in [-0.2, -0.15) is 0 Å². The van der Waals surface area contributed by atoms with E-state index in [2.05, 4.69) is 29.2 Å². The maximum absolute atomic E-state index is 12.0. The molecule has 0 aliphatic carbocycles. The lowest BCUT2D eigenvalue weighted by molar-refractivity contribution is -0.0167. The summed E-state index contributed by atoms with van der Waals surface area (Å²) >= 11 is 0. The van der Waals surface area contributed by atoms with Gasteiger partial charge < -0.3 is 9.64 Å². The van der Waals surface area contributed by atoms with E-state index < -0.39 is 5.60 Å². The number of amides is 1. The molecule has 1 amide bonds. The van der Waals surface area contributed by atoms with Crippen LogP contribution in [0.3, 0.4) is 0 Å². The molecular formula is C18H26N2O2. The minimum Gasteiger partial charge on any atom is -0.444 e. The van der Waals surface area contributed by atoms with Crippen LogP contribution in [0.25, 0.3) is 0 Å². The number of nitrogens with zero attached hydrogens (tertiary/aromatic N) is 2. The second kappa shape index (κ2) is 5.92. The molecule has 0 atom stereocenters. The maximum Gasteiger partial charge on any atom is 0.410 e. The van der Waals surface area contributed by atoms with E-state index in [9.17, 15) is 4.79 Å². The number of rotatable bonds is 1. The molecule has 1 aromatic rings. The molecule has 22 heavy (non-hydrogen) atoms. The van der Waals surface area contributed by atoms with Gasteiger partial charge in [0.2, 0.25) is 0 Å². The number of benzene rings is 1. The zero-order chi connectivity index (χ0) is 15.7. The van der Waals surface area contributed by atoms with E-state index in [4.69, 9.17) is 4.74 Å². The van der Waals surface area contributed by atoms with Gasteiger partial charge in [-0.15, -0.1) is 0 Å². The third-order valence-electron chi connectivity index (χ3n) is 4.41. The number of ether oxygens (including phenoxy) is 1. The van der Waals surface area contributed by atoms with Crippen molar-refractivity contribution < 1.29 is 9.53 Å². The number of carbonyl (C=O) groups excluding carboxylic acids is 1. The molecule has 4 nitrogen and oxygen atoms in total. The van der Waals surface area contributed by atoms with Gasteiger partial charge >= 0.3 is 6.09 Å². The van der Waals surface area contributed by atoms with Gasteiger partial charge in [0.1, 0.15) is 5.60 Å². The van der Waals surface area contributed by atoms with E-state index in [1.165, 1.54) is 17.5 Å². The van der Waals surface area contributed by atoms with Crippen molar-refractivity contribution in [3.8, 4) is 0 Å². The summed E-state index contributed by atoms with van der Waals surface area (Å²) in [6, 6.07) is 9.20. The van der Waals surface area contributed by atoms with Crippen LogP contribution in [0.1, 0.15) is 38.3 Å². The fourth-order valence-corrected chi connectivity index (χ4v) is 3.20. The summed E-state index contributed by atoms with van der Waals surface area (Å²) in [5, 5.41) is 0. The topological polar surface area (TPSA) is 32.8 Å². The van der Waals surface area contributed by atoms with Crippen molar-refractivity contribution in [2.45, 2.75) is 51.8 Å². The molecule has 1 saturated heterocycles. The molecule has 0 spiro atoms. The third-order valence-corrected chi connectivity index (χ3v) is 4.41. The first-order valence-corrected chi connectivity index (χ1v) is 8.21. The average Bonchev–Trinajstić information content (AvgIpc) is 2.56. The number of likely N-dealkylation sites (tertiary alicyclic amines) is 1. The molecule has 0 N–H and O–H groups in total. The van der Waals surface area contributed by atoms with Gasteiger partial charge in [-0.3, -0.25) is 4.90 Å². The van der Waals surface area contributed by atoms with E-state index in [1.54, 1.807) is 0 Å². The lowest BCUT2D eigenvalue weighted by Gasteiger charge is -2.45. The van der Waals surface area contributed by atoms with Crippen LogP contribution < -0.4 is 0 Å². The minimum absolute atomic E-state index is 0.182. The van der Waals surface area contributed by atoms with Crippen LogP contribution in [0.2, 0.25) is 0 Å². The Morgan fingerprint density at radius 1 is 1.18 bits per heavy atom. The molecule has 2 aliphatic heterocycles. The van der Waals surface area contributed by atoms with Gasteiger partial charge in [0.15, 0.2) is 0 Å². The van der Waals surface area contributed by atoms with Crippen LogP contribution in [0, 0.1) is 0 Å². The summed E-state index contributed by atoms with van der Waals surface area (Å²) in [7, 11) is 0. The van der Waals surface area contributed by atoms with Gasteiger partial charge in [-0.25, -0.2) is 4.79 Å². The quantitative estimate of drug-likeness (QED) is 0.799. The second-order valence-corrected chi connectivity index (χ2v) is 7.38. The maximum atomic E-state index is 12.0. The highest BCUT2D eigenvalue weighted by molar-refractivity contribution is 5.69. The average molecular weight is 302 g/mol. The first-order valence-electron chi connectivity index (χ1n) is 8.21. The lowest BCUT2D eigenvalue weighted by Crippen LogP contribution is -2.61. The Morgan fingerprint density at radius 3 is 2.55 bits per heavy atom. The van der Waals surface area contributed by atoms with Crippen molar-refractivity contribution in [3.63, 3.8) is 0 Å². The van der Waals surface area contributed by atoms with Crippen LogP contribution in [0.15, 0.2) is 24.3 Å². The number of fused-ring (bicyclic) bond motifs is 1. The Hall–Kier alpha value is -1.55. The summed E-state index contributed by atoms with van der Waals surface area (Å²) in [5.41, 5.74) is 2.51. The predicted octanol–water partition coefficient (Wildman–Crippen LogP) is 3.05. The van der Waals surface area contributed by atoms with Crippen molar-refractivity contribution >= 4 is 6.09 Å². The predicted molar refractivity (Wildman–Crippen MR) is 86.8 cm³/mol. The minimum atomic E-state index is -0.413. The summed E-state index contributed by atoms with van der Waals surface area (Å²) < 4.78 is 5.43. The van der Waals surface area contributed by atoms with Crippen LogP contribution in [-0.2, 0) is 17.7 Å². The van der Waals surface area contributed by atoms with E-state index >= 15 is 0 Å². The van der Waals surface area contributed by atoms with Gasteiger partial charge in [-0.05, 0) is 51.3 Å². The number of aryl methyl sites for hydroxylation is 1. The first-order chi connectivity index (χ1) is 10.4. The molecule has 2 aliphatic rings. The van der Waals surface area contributed by atoms with Gasteiger partial charge in [-0.1, -0.05) is 24.3 Å². The number of hydrogen-bond acceptors (Lipinski definition) is 3. The first kappa shape index (κ1) is 15.3. The van der Waals surface area contributed by atoms with Crippen LogP contribution in [0.5, 0.6) is 0 Å². The summed E-state index contributed by atoms with van der Waals surface area (Å²) in [6.07, 6.45) is 2.17. The third kappa shape index (κ3) is 3.43. The molecule has 4 heteroatoms. The number of hydrogen-bond donors (Lipinski definition) is 0. The highest BCUT2D eigenvalue weighted by Crippen LogP contribution is 2.25. The Kier molecular flexibility index (Phi) is 4.13. The van der Waals surface area contributed by atoms with E-state index in [1.807, 2.05) is 25.7 Å². The fourth-order valence-electron chi connectivity index (χ4n) is 3.20. The molecule has 0 bridgehead atoms. The molecule has 120 valence electrons. The Labute approximate surface area is 133 Å². The molecule has 1 fully saturated rings. The Morgan fingerprint density at radius 2 is 1.86 bits per heavy atom. The van der Waals surface area contributed by atoms with Crippen molar-refractivity contribution in [1.29, 1.82) is 0 Å². The standard InChI is InChI=1S/C18H26N2O2/c1-18(2,3)22-17(21)20-12-16(13-20)19-10-6-9-14-7-4-5-8-15(14)11-19/h4-5,7-8,16H,6,9-13H2,1-3H3.